The van der Waals surface area contributed by atoms with Gasteiger partial charge in [-0.2, -0.15) is 0 Å². The molecule has 0 N–H and O–H groups in total. The van der Waals surface area contributed by atoms with Gasteiger partial charge in [0.15, 0.2) is 5.58 Å². The highest BCUT2D eigenvalue weighted by molar-refractivity contribution is 5.73. The van der Waals surface area contributed by atoms with Crippen molar-refractivity contribution in [2.24, 2.45) is 5.11 Å². The largest absolute Gasteiger partial charge is 0.445 e. The highest BCUT2D eigenvalue weighted by atomic mass is 16.6. The summed E-state index contributed by atoms with van der Waals surface area (Å²) in [6.07, 6.45) is -0.0427. The average molecular weight is 363 g/mol. The van der Waals surface area contributed by atoms with E-state index >= 15 is 0 Å². The molecule has 1 amide bonds. The topological polar surface area (TPSA) is 104 Å². The van der Waals surface area contributed by atoms with E-state index in [9.17, 15) is 4.79 Å². The Labute approximate surface area is 155 Å². The van der Waals surface area contributed by atoms with E-state index < -0.39 is 12.1 Å². The van der Waals surface area contributed by atoms with Crippen molar-refractivity contribution in [1.82, 2.24) is 9.88 Å². The number of para-hydroxylation sites is 2. The summed E-state index contributed by atoms with van der Waals surface area (Å²) in [7, 11) is 0. The molecule has 2 heterocycles. The van der Waals surface area contributed by atoms with E-state index in [4.69, 9.17) is 14.7 Å². The lowest BCUT2D eigenvalue weighted by Gasteiger charge is -2.21. The van der Waals surface area contributed by atoms with Crippen LogP contribution in [0.3, 0.4) is 0 Å². The fourth-order valence-corrected chi connectivity index (χ4v) is 3.24. The number of fused-ring (bicyclic) bond motifs is 1. The quantitative estimate of drug-likeness (QED) is 0.384. The van der Waals surface area contributed by atoms with Crippen LogP contribution in [0.1, 0.15) is 23.9 Å². The third-order valence-corrected chi connectivity index (χ3v) is 4.53. The highest BCUT2D eigenvalue weighted by Gasteiger charge is 2.39. The molecule has 0 aliphatic carbocycles. The van der Waals surface area contributed by atoms with Gasteiger partial charge in [0, 0.05) is 11.5 Å². The molecule has 0 bridgehead atoms. The van der Waals surface area contributed by atoms with E-state index in [0.29, 0.717) is 17.9 Å². The van der Waals surface area contributed by atoms with Crippen LogP contribution in [0.15, 0.2) is 64.1 Å². The average Bonchev–Trinajstić information content (AvgIpc) is 3.31. The molecular weight excluding hydrogens is 346 g/mol. The Bertz CT molecular complexity index is 964. The molecule has 4 rings (SSSR count). The van der Waals surface area contributed by atoms with Crippen LogP contribution in [0, 0.1) is 0 Å². The number of likely N-dealkylation sites (tertiary alicyclic amines) is 1. The van der Waals surface area contributed by atoms with Crippen LogP contribution in [0.2, 0.25) is 0 Å². The van der Waals surface area contributed by atoms with Crippen LogP contribution in [0.25, 0.3) is 21.5 Å². The van der Waals surface area contributed by atoms with Gasteiger partial charge in [-0.05, 0) is 29.6 Å². The maximum Gasteiger partial charge on any atom is 0.410 e. The van der Waals surface area contributed by atoms with Gasteiger partial charge in [0.1, 0.15) is 18.2 Å². The Morgan fingerprint density at radius 3 is 2.81 bits per heavy atom. The van der Waals surface area contributed by atoms with Crippen molar-refractivity contribution in [3.8, 4) is 0 Å². The molecule has 1 fully saturated rings. The van der Waals surface area contributed by atoms with E-state index in [0.717, 1.165) is 11.1 Å². The lowest BCUT2D eigenvalue weighted by molar-refractivity contribution is 0.0878. The van der Waals surface area contributed by atoms with Crippen molar-refractivity contribution < 1.29 is 13.9 Å². The molecule has 2 aromatic carbocycles. The van der Waals surface area contributed by atoms with Gasteiger partial charge in [-0.3, -0.25) is 4.90 Å². The number of rotatable bonds is 4. The number of hydrogen-bond acceptors (Lipinski definition) is 5. The molecule has 3 aromatic rings. The summed E-state index contributed by atoms with van der Waals surface area (Å²) in [5, 5.41) is 3.77. The van der Waals surface area contributed by atoms with Crippen LogP contribution in [-0.4, -0.2) is 28.6 Å². The van der Waals surface area contributed by atoms with Gasteiger partial charge in [0.2, 0.25) is 5.89 Å². The first-order valence-corrected chi connectivity index (χ1v) is 8.61. The molecule has 8 heteroatoms. The SMILES string of the molecule is [N-]=[N+]=N[C@H]1C[C@@H](c2nc3ccccc3o2)N(C(=O)OCc2ccccc2)C1. The van der Waals surface area contributed by atoms with Gasteiger partial charge in [0.25, 0.3) is 0 Å². The Kier molecular flexibility index (Phi) is 4.63. The standard InChI is InChI=1S/C19H17N5O3/c20-23-22-14-10-16(18-21-15-8-4-5-9-17(15)27-18)24(11-14)19(25)26-12-13-6-2-1-3-7-13/h1-9,14,16H,10-12H2/t14-,16-/m0/s1. The summed E-state index contributed by atoms with van der Waals surface area (Å²) >= 11 is 0. The van der Waals surface area contributed by atoms with E-state index in [2.05, 4.69) is 15.0 Å². The second kappa shape index (κ2) is 7.39. The smallest absolute Gasteiger partial charge is 0.410 e. The number of oxazole rings is 1. The van der Waals surface area contributed by atoms with E-state index in [1.165, 1.54) is 4.90 Å². The maximum absolute atomic E-state index is 12.7. The first kappa shape index (κ1) is 16.9. The van der Waals surface area contributed by atoms with Gasteiger partial charge < -0.3 is 9.15 Å². The van der Waals surface area contributed by atoms with Crippen LogP contribution >= 0.6 is 0 Å². The summed E-state index contributed by atoms with van der Waals surface area (Å²) in [5.41, 5.74) is 11.0. The fourth-order valence-electron chi connectivity index (χ4n) is 3.24. The van der Waals surface area contributed by atoms with Gasteiger partial charge in [-0.15, -0.1) is 0 Å². The molecule has 0 unspecified atom stereocenters. The van der Waals surface area contributed by atoms with Crippen molar-refractivity contribution in [1.29, 1.82) is 0 Å². The zero-order valence-electron chi connectivity index (χ0n) is 14.4. The van der Waals surface area contributed by atoms with Crippen molar-refractivity contribution in [3.05, 3.63) is 76.5 Å². The number of aromatic nitrogens is 1. The molecule has 1 saturated heterocycles. The van der Waals surface area contributed by atoms with E-state index in [1.807, 2.05) is 54.6 Å². The number of amides is 1. The molecule has 8 nitrogen and oxygen atoms in total. The molecule has 2 atom stereocenters. The van der Waals surface area contributed by atoms with Gasteiger partial charge in [-0.1, -0.05) is 47.6 Å². The molecule has 0 saturated carbocycles. The first-order chi connectivity index (χ1) is 13.2. The fraction of sp³-hybridized carbons (Fsp3) is 0.263. The summed E-state index contributed by atoms with van der Waals surface area (Å²) in [5.74, 6) is 0.420. The van der Waals surface area contributed by atoms with Gasteiger partial charge in [-0.25, -0.2) is 9.78 Å². The van der Waals surface area contributed by atoms with Crippen molar-refractivity contribution in [2.75, 3.05) is 6.54 Å². The second-order valence-corrected chi connectivity index (χ2v) is 6.32. The minimum absolute atomic E-state index is 0.169. The first-order valence-electron chi connectivity index (χ1n) is 8.61. The zero-order valence-corrected chi connectivity index (χ0v) is 14.4. The van der Waals surface area contributed by atoms with Crippen molar-refractivity contribution >= 4 is 17.2 Å². The minimum atomic E-state index is -0.484. The Hall–Kier alpha value is -3.51. The van der Waals surface area contributed by atoms with Crippen LogP contribution < -0.4 is 0 Å². The third-order valence-electron chi connectivity index (χ3n) is 4.53. The number of carbonyl (C=O) groups excluding carboxylic acids is 1. The summed E-state index contributed by atoms with van der Waals surface area (Å²) in [6, 6.07) is 16.1. The van der Waals surface area contributed by atoms with Crippen LogP contribution in [0.5, 0.6) is 0 Å². The predicted molar refractivity (Wildman–Crippen MR) is 97.6 cm³/mol. The number of azide groups is 1. The monoisotopic (exact) mass is 363 g/mol. The third kappa shape index (κ3) is 3.56. The lowest BCUT2D eigenvalue weighted by Crippen LogP contribution is -2.32. The van der Waals surface area contributed by atoms with E-state index in [1.54, 1.807) is 0 Å². The molecule has 1 aliphatic heterocycles. The number of hydrogen-bond donors (Lipinski definition) is 0. The summed E-state index contributed by atoms with van der Waals surface area (Å²) in [6.45, 7) is 0.434. The minimum Gasteiger partial charge on any atom is -0.445 e. The van der Waals surface area contributed by atoms with Crippen molar-refractivity contribution in [2.45, 2.75) is 25.1 Å². The van der Waals surface area contributed by atoms with Crippen LogP contribution in [0.4, 0.5) is 4.79 Å². The Morgan fingerprint density at radius 1 is 1.26 bits per heavy atom. The molecule has 1 aromatic heterocycles. The number of nitrogens with zero attached hydrogens (tertiary/aromatic N) is 5. The number of benzene rings is 2. The van der Waals surface area contributed by atoms with Crippen LogP contribution in [-0.2, 0) is 11.3 Å². The number of carbonyl (C=O) groups is 1. The second-order valence-electron chi connectivity index (χ2n) is 6.32. The number of ether oxygens (including phenoxy) is 1. The summed E-state index contributed by atoms with van der Waals surface area (Å²) in [4.78, 5) is 21.5. The van der Waals surface area contributed by atoms with E-state index in [-0.39, 0.29) is 19.2 Å². The van der Waals surface area contributed by atoms with Gasteiger partial charge >= 0.3 is 6.09 Å². The lowest BCUT2D eigenvalue weighted by atomic mass is 10.2. The van der Waals surface area contributed by atoms with Gasteiger partial charge in [0.05, 0.1) is 6.04 Å². The normalized spacial score (nSPS) is 19.0. The summed E-state index contributed by atoms with van der Waals surface area (Å²) < 4.78 is 11.3. The molecular formula is C19H17N5O3. The maximum atomic E-state index is 12.7. The molecule has 0 radical (unpaired) electrons. The Balaban J connectivity index is 1.55. The molecule has 27 heavy (non-hydrogen) atoms. The highest BCUT2D eigenvalue weighted by Crippen LogP contribution is 2.35. The zero-order chi connectivity index (χ0) is 18.6. The molecule has 1 aliphatic rings. The molecule has 136 valence electrons. The molecule has 0 spiro atoms. The predicted octanol–water partition coefficient (Wildman–Crippen LogP) is 4.59. The van der Waals surface area contributed by atoms with Crippen molar-refractivity contribution in [3.63, 3.8) is 0 Å². The Morgan fingerprint density at radius 2 is 2.04 bits per heavy atom.